The Morgan fingerprint density at radius 1 is 1.21 bits per heavy atom. The van der Waals surface area contributed by atoms with Crippen LogP contribution in [-0.2, 0) is 16.0 Å². The maximum Gasteiger partial charge on any atom is 0.431 e. The first kappa shape index (κ1) is 24.9. The first-order valence-corrected chi connectivity index (χ1v) is 11.0. The smallest absolute Gasteiger partial charge is 0.327 e. The summed E-state index contributed by atoms with van der Waals surface area (Å²) < 4.78 is 54.3. The van der Waals surface area contributed by atoms with Gasteiger partial charge in [-0.2, -0.15) is 13.2 Å². The SMILES string of the molecule is C=C1N(C)C(C(F)(F)F)=CC(=O)N1c1cc(SC(C=O)CCc2ccccc2)c(Cl)cc1F. The number of anilines is 1. The predicted octanol–water partition coefficient (Wildman–Crippen LogP) is 5.97. The molecule has 1 aliphatic rings. The van der Waals surface area contributed by atoms with Crippen LogP contribution in [0.1, 0.15) is 12.0 Å². The molecule has 0 saturated heterocycles. The molecule has 10 heteroatoms. The summed E-state index contributed by atoms with van der Waals surface area (Å²) in [5.41, 5.74) is -0.477. The summed E-state index contributed by atoms with van der Waals surface area (Å²) in [4.78, 5) is 25.8. The van der Waals surface area contributed by atoms with Crippen molar-refractivity contribution in [2.24, 2.45) is 0 Å². The Bertz CT molecular complexity index is 1110. The van der Waals surface area contributed by atoms with Crippen LogP contribution in [0.4, 0.5) is 23.2 Å². The molecular formula is C23H19ClF4N2O2S. The van der Waals surface area contributed by atoms with Crippen LogP contribution in [0.25, 0.3) is 0 Å². The second-order valence-corrected chi connectivity index (χ2v) is 8.92. The lowest BCUT2D eigenvalue weighted by Gasteiger charge is -2.37. The normalized spacial score (nSPS) is 15.5. The highest BCUT2D eigenvalue weighted by Crippen LogP contribution is 2.40. The molecule has 0 bridgehead atoms. The summed E-state index contributed by atoms with van der Waals surface area (Å²) in [6.45, 7) is 3.53. The molecule has 1 aliphatic heterocycles. The monoisotopic (exact) mass is 498 g/mol. The van der Waals surface area contributed by atoms with Gasteiger partial charge in [-0.25, -0.2) is 4.39 Å². The molecule has 1 atom stereocenters. The highest BCUT2D eigenvalue weighted by Gasteiger charge is 2.43. The van der Waals surface area contributed by atoms with Gasteiger partial charge in [-0.3, -0.25) is 9.69 Å². The number of aldehydes is 1. The average Bonchev–Trinajstić information content (AvgIpc) is 2.76. The van der Waals surface area contributed by atoms with Gasteiger partial charge in [-0.05, 0) is 30.5 Å². The number of alkyl halides is 3. The third-order valence-electron chi connectivity index (χ3n) is 5.01. The van der Waals surface area contributed by atoms with Crippen molar-refractivity contribution in [1.82, 2.24) is 4.90 Å². The summed E-state index contributed by atoms with van der Waals surface area (Å²) in [7, 11) is 1.08. The van der Waals surface area contributed by atoms with E-state index in [1.165, 1.54) is 6.07 Å². The Labute approximate surface area is 197 Å². The van der Waals surface area contributed by atoms with Gasteiger partial charge in [0.25, 0.3) is 5.91 Å². The fourth-order valence-electron chi connectivity index (χ4n) is 3.28. The van der Waals surface area contributed by atoms with E-state index in [1.54, 1.807) is 0 Å². The van der Waals surface area contributed by atoms with Crippen molar-refractivity contribution in [2.75, 3.05) is 11.9 Å². The van der Waals surface area contributed by atoms with Crippen molar-refractivity contribution >= 4 is 41.2 Å². The standard InChI is InChI=1S/C23H19ClF4N2O2S/c1-14-29(2)21(23(26,27)28)12-22(32)30(14)19-11-20(17(24)10-18(19)25)33-16(13-31)9-8-15-6-4-3-5-7-15/h3-7,10-13,16H,1,8-9H2,2H3. The summed E-state index contributed by atoms with van der Waals surface area (Å²) in [6, 6.07) is 11.7. The number of halogens is 5. The lowest BCUT2D eigenvalue weighted by atomic mass is 10.1. The molecule has 33 heavy (non-hydrogen) atoms. The van der Waals surface area contributed by atoms with Crippen molar-refractivity contribution in [3.05, 3.63) is 83.0 Å². The number of nitrogens with zero attached hydrogens (tertiary/aromatic N) is 2. The van der Waals surface area contributed by atoms with E-state index < -0.39 is 28.8 Å². The fraction of sp³-hybridized carbons (Fsp3) is 0.217. The van der Waals surface area contributed by atoms with E-state index >= 15 is 0 Å². The summed E-state index contributed by atoms with van der Waals surface area (Å²) in [5.74, 6) is -2.38. The molecule has 0 N–H and O–H groups in total. The van der Waals surface area contributed by atoms with Crippen LogP contribution < -0.4 is 4.90 Å². The molecule has 0 aliphatic carbocycles. The molecule has 1 unspecified atom stereocenters. The molecule has 4 nitrogen and oxygen atoms in total. The first-order chi connectivity index (χ1) is 15.5. The van der Waals surface area contributed by atoms with Crippen LogP contribution in [0.3, 0.4) is 0 Å². The number of amides is 1. The molecule has 174 valence electrons. The van der Waals surface area contributed by atoms with Crippen LogP contribution in [-0.4, -0.2) is 35.6 Å². The van der Waals surface area contributed by atoms with Crippen molar-refractivity contribution in [1.29, 1.82) is 0 Å². The molecule has 2 aromatic carbocycles. The molecule has 0 radical (unpaired) electrons. The molecule has 0 fully saturated rings. The van der Waals surface area contributed by atoms with Crippen molar-refractivity contribution in [2.45, 2.75) is 29.2 Å². The van der Waals surface area contributed by atoms with Crippen molar-refractivity contribution in [3.63, 3.8) is 0 Å². The lowest BCUT2D eigenvalue weighted by Crippen LogP contribution is -2.44. The summed E-state index contributed by atoms with van der Waals surface area (Å²) >= 11 is 7.26. The Morgan fingerprint density at radius 3 is 2.48 bits per heavy atom. The first-order valence-electron chi connectivity index (χ1n) is 9.73. The Kier molecular flexibility index (Phi) is 7.54. The minimum absolute atomic E-state index is 0.0164. The highest BCUT2D eigenvalue weighted by molar-refractivity contribution is 8.00. The zero-order valence-corrected chi connectivity index (χ0v) is 19.0. The third kappa shape index (κ3) is 5.59. The van der Waals surface area contributed by atoms with Gasteiger partial charge in [0.1, 0.15) is 23.6 Å². The van der Waals surface area contributed by atoms with E-state index in [0.717, 1.165) is 41.6 Å². The Hall–Kier alpha value is -2.78. The highest BCUT2D eigenvalue weighted by atomic mass is 35.5. The number of hydrogen-bond donors (Lipinski definition) is 0. The Balaban J connectivity index is 1.88. The van der Waals surface area contributed by atoms with Crippen LogP contribution in [0.5, 0.6) is 0 Å². The van der Waals surface area contributed by atoms with Gasteiger partial charge in [-0.1, -0.05) is 48.5 Å². The van der Waals surface area contributed by atoms with Gasteiger partial charge >= 0.3 is 6.18 Å². The molecule has 0 saturated carbocycles. The zero-order valence-electron chi connectivity index (χ0n) is 17.4. The van der Waals surface area contributed by atoms with Gasteiger partial charge in [0, 0.05) is 18.0 Å². The molecular weight excluding hydrogens is 480 g/mol. The number of allylic oxidation sites excluding steroid dienone is 1. The van der Waals surface area contributed by atoms with Gasteiger partial charge < -0.3 is 9.69 Å². The molecule has 2 aromatic rings. The van der Waals surface area contributed by atoms with E-state index in [0.29, 0.717) is 28.7 Å². The van der Waals surface area contributed by atoms with E-state index in [9.17, 15) is 27.2 Å². The van der Waals surface area contributed by atoms with E-state index in [-0.39, 0.29) is 16.5 Å². The number of carbonyl (C=O) groups is 2. The van der Waals surface area contributed by atoms with Crippen LogP contribution in [0.2, 0.25) is 5.02 Å². The minimum atomic E-state index is -4.78. The lowest BCUT2D eigenvalue weighted by molar-refractivity contribution is -0.121. The van der Waals surface area contributed by atoms with E-state index in [2.05, 4.69) is 6.58 Å². The largest absolute Gasteiger partial charge is 0.431 e. The quantitative estimate of drug-likeness (QED) is 0.268. The number of thioether (sulfide) groups is 1. The molecule has 1 amide bonds. The number of benzene rings is 2. The van der Waals surface area contributed by atoms with Crippen molar-refractivity contribution in [3.8, 4) is 0 Å². The summed E-state index contributed by atoms with van der Waals surface area (Å²) in [5, 5.41) is -0.497. The molecule has 0 spiro atoms. The maximum absolute atomic E-state index is 14.7. The minimum Gasteiger partial charge on any atom is -0.327 e. The van der Waals surface area contributed by atoms with Crippen LogP contribution in [0, 0.1) is 5.82 Å². The summed E-state index contributed by atoms with van der Waals surface area (Å²) in [6.07, 6.45) is -2.54. The Morgan fingerprint density at radius 2 is 1.88 bits per heavy atom. The number of rotatable bonds is 7. The van der Waals surface area contributed by atoms with E-state index in [1.807, 2.05) is 30.3 Å². The van der Waals surface area contributed by atoms with Crippen molar-refractivity contribution < 1.29 is 27.2 Å². The van der Waals surface area contributed by atoms with Gasteiger partial charge in [0.15, 0.2) is 0 Å². The number of aryl methyl sites for hydroxylation is 1. The van der Waals surface area contributed by atoms with Gasteiger partial charge in [0.2, 0.25) is 0 Å². The second-order valence-electron chi connectivity index (χ2n) is 7.23. The average molecular weight is 499 g/mol. The number of carbonyl (C=O) groups excluding carboxylic acids is 2. The fourth-order valence-corrected chi connectivity index (χ4v) is 4.53. The topological polar surface area (TPSA) is 40.6 Å². The van der Waals surface area contributed by atoms with Gasteiger partial charge in [0.05, 0.1) is 16.0 Å². The van der Waals surface area contributed by atoms with E-state index in [4.69, 9.17) is 11.6 Å². The zero-order chi connectivity index (χ0) is 24.3. The maximum atomic E-state index is 14.7. The van der Waals surface area contributed by atoms with Crippen LogP contribution >= 0.6 is 23.4 Å². The molecule has 1 heterocycles. The van der Waals surface area contributed by atoms with Gasteiger partial charge in [-0.15, -0.1) is 11.8 Å². The third-order valence-corrected chi connectivity index (χ3v) is 6.68. The molecule has 3 rings (SSSR count). The predicted molar refractivity (Wildman–Crippen MR) is 120 cm³/mol. The number of hydrogen-bond acceptors (Lipinski definition) is 4. The molecule has 0 aromatic heterocycles. The van der Waals surface area contributed by atoms with Crippen LogP contribution in [0.15, 0.2) is 71.5 Å². The second kappa shape index (κ2) is 10.0.